The molecule has 0 unspecified atom stereocenters. The molecular weight excluding hydrogens is 138 g/mol. The highest BCUT2D eigenvalue weighted by Crippen LogP contribution is 1.97. The Hall–Kier alpha value is -0.830. The van der Waals surface area contributed by atoms with E-state index in [9.17, 15) is 0 Å². The van der Waals surface area contributed by atoms with Crippen molar-refractivity contribution in [2.75, 3.05) is 27.7 Å². The molecule has 1 N–H and O–H groups in total. The maximum atomic E-state index is 3.96. The lowest BCUT2D eigenvalue weighted by atomic mass is 10.3. The fourth-order valence-electron chi connectivity index (χ4n) is 0.877. The zero-order valence-corrected chi connectivity index (χ0v) is 7.46. The Balaban J connectivity index is 2.35. The number of quaternary nitrogens is 1. The summed E-state index contributed by atoms with van der Waals surface area (Å²) in [7, 11) is 6.57. The Morgan fingerprint density at radius 3 is 2.64 bits per heavy atom. The van der Waals surface area contributed by atoms with Crippen LogP contribution < -0.4 is 0 Å². The molecule has 0 bridgehead atoms. The number of aromatic nitrogens is 2. The topological polar surface area (TPSA) is 28.7 Å². The predicted molar refractivity (Wildman–Crippen MR) is 45.2 cm³/mol. The van der Waals surface area contributed by atoms with Crippen molar-refractivity contribution in [2.24, 2.45) is 0 Å². The summed E-state index contributed by atoms with van der Waals surface area (Å²) in [4.78, 5) is 7.05. The molecule has 0 fully saturated rings. The molecule has 3 heteroatoms. The maximum absolute atomic E-state index is 3.96. The number of rotatable bonds is 3. The third-order valence-electron chi connectivity index (χ3n) is 1.61. The van der Waals surface area contributed by atoms with Gasteiger partial charge in [0.2, 0.25) is 0 Å². The highest BCUT2D eigenvalue weighted by Gasteiger charge is 2.06. The van der Waals surface area contributed by atoms with Gasteiger partial charge in [-0.1, -0.05) is 0 Å². The van der Waals surface area contributed by atoms with E-state index in [0.717, 1.165) is 17.4 Å². The third-order valence-corrected chi connectivity index (χ3v) is 1.61. The van der Waals surface area contributed by atoms with Crippen molar-refractivity contribution in [3.05, 3.63) is 18.2 Å². The molecule has 1 aromatic heterocycles. The van der Waals surface area contributed by atoms with Crippen molar-refractivity contribution in [1.29, 1.82) is 0 Å². The van der Waals surface area contributed by atoms with Gasteiger partial charge in [0.05, 0.1) is 34.0 Å². The third kappa shape index (κ3) is 3.18. The molecule has 62 valence electrons. The van der Waals surface area contributed by atoms with Crippen LogP contribution in [0.2, 0.25) is 0 Å². The first-order valence-electron chi connectivity index (χ1n) is 3.86. The summed E-state index contributed by atoms with van der Waals surface area (Å²) in [6.45, 7) is 1.14. The first-order valence-corrected chi connectivity index (χ1v) is 3.86. The molecule has 1 heterocycles. The zero-order valence-electron chi connectivity index (χ0n) is 7.46. The fraction of sp³-hybridized carbons (Fsp3) is 0.625. The molecule has 0 aliphatic heterocycles. The molecule has 0 saturated carbocycles. The van der Waals surface area contributed by atoms with Crippen LogP contribution in [0.15, 0.2) is 12.5 Å². The van der Waals surface area contributed by atoms with Crippen LogP contribution in [0.1, 0.15) is 5.69 Å². The van der Waals surface area contributed by atoms with E-state index >= 15 is 0 Å². The molecule has 0 aliphatic carbocycles. The second-order valence-corrected chi connectivity index (χ2v) is 3.84. The van der Waals surface area contributed by atoms with Gasteiger partial charge in [0.25, 0.3) is 0 Å². The first-order chi connectivity index (χ1) is 5.08. The molecule has 0 aromatic carbocycles. The second-order valence-electron chi connectivity index (χ2n) is 3.84. The summed E-state index contributed by atoms with van der Waals surface area (Å²) >= 11 is 0. The Morgan fingerprint density at radius 2 is 2.18 bits per heavy atom. The Labute approximate surface area is 67.7 Å². The van der Waals surface area contributed by atoms with Crippen molar-refractivity contribution in [3.63, 3.8) is 0 Å². The van der Waals surface area contributed by atoms with Crippen LogP contribution in [0.25, 0.3) is 0 Å². The number of likely N-dealkylation sites (N-methyl/N-ethyl adjacent to an activating group) is 1. The van der Waals surface area contributed by atoms with Crippen LogP contribution >= 0.6 is 0 Å². The van der Waals surface area contributed by atoms with Crippen LogP contribution in [0.5, 0.6) is 0 Å². The van der Waals surface area contributed by atoms with Gasteiger partial charge < -0.3 is 9.47 Å². The number of nitrogens with zero attached hydrogens (tertiary/aromatic N) is 2. The molecule has 1 aromatic rings. The lowest BCUT2D eigenvalue weighted by Gasteiger charge is -2.23. The number of nitrogens with one attached hydrogen (secondary N) is 1. The molecule has 1 rings (SSSR count). The number of H-pyrrole nitrogens is 1. The van der Waals surface area contributed by atoms with Crippen molar-refractivity contribution in [2.45, 2.75) is 6.42 Å². The van der Waals surface area contributed by atoms with E-state index in [-0.39, 0.29) is 0 Å². The van der Waals surface area contributed by atoms with Crippen LogP contribution in [-0.2, 0) is 6.42 Å². The fourth-order valence-corrected chi connectivity index (χ4v) is 0.877. The number of imidazole rings is 1. The van der Waals surface area contributed by atoms with Gasteiger partial charge in [-0.2, -0.15) is 0 Å². The number of aromatic amines is 1. The zero-order chi connectivity index (χ0) is 8.32. The molecule has 3 nitrogen and oxygen atoms in total. The monoisotopic (exact) mass is 154 g/mol. The van der Waals surface area contributed by atoms with Gasteiger partial charge in [-0.15, -0.1) is 0 Å². The Morgan fingerprint density at radius 1 is 1.45 bits per heavy atom. The highest BCUT2D eigenvalue weighted by molar-refractivity contribution is 4.93. The summed E-state index contributed by atoms with van der Waals surface area (Å²) in [5.74, 6) is 0. The van der Waals surface area contributed by atoms with Crippen molar-refractivity contribution in [3.8, 4) is 0 Å². The average molecular weight is 154 g/mol. The van der Waals surface area contributed by atoms with E-state index in [1.165, 1.54) is 5.69 Å². The SMILES string of the molecule is C[N+](C)(C)CCc1cnc[nH]1. The van der Waals surface area contributed by atoms with Crippen LogP contribution in [0.3, 0.4) is 0 Å². The summed E-state index contributed by atoms with van der Waals surface area (Å²) in [5, 5.41) is 0. The lowest BCUT2D eigenvalue weighted by Crippen LogP contribution is -2.36. The van der Waals surface area contributed by atoms with Crippen molar-refractivity contribution >= 4 is 0 Å². The van der Waals surface area contributed by atoms with E-state index in [1.807, 2.05) is 6.20 Å². The molecule has 11 heavy (non-hydrogen) atoms. The molecular formula is C8H16N3+. The number of hydrogen-bond donors (Lipinski definition) is 1. The Bertz CT molecular complexity index is 196. The van der Waals surface area contributed by atoms with Crippen LogP contribution in [0.4, 0.5) is 0 Å². The van der Waals surface area contributed by atoms with Crippen LogP contribution in [-0.4, -0.2) is 42.1 Å². The molecule has 0 atom stereocenters. The van der Waals surface area contributed by atoms with E-state index < -0.39 is 0 Å². The predicted octanol–water partition coefficient (Wildman–Crippen LogP) is 0.658. The Kier molecular flexibility index (Phi) is 2.29. The normalized spacial score (nSPS) is 11.9. The van der Waals surface area contributed by atoms with Gasteiger partial charge >= 0.3 is 0 Å². The maximum Gasteiger partial charge on any atom is 0.0921 e. The van der Waals surface area contributed by atoms with E-state index in [2.05, 4.69) is 31.1 Å². The quantitative estimate of drug-likeness (QED) is 0.636. The van der Waals surface area contributed by atoms with Gasteiger partial charge in [0, 0.05) is 18.3 Å². The van der Waals surface area contributed by atoms with E-state index in [4.69, 9.17) is 0 Å². The van der Waals surface area contributed by atoms with Crippen molar-refractivity contribution < 1.29 is 4.48 Å². The van der Waals surface area contributed by atoms with Gasteiger partial charge in [-0.25, -0.2) is 4.98 Å². The molecule has 0 spiro atoms. The highest BCUT2D eigenvalue weighted by atomic mass is 15.3. The standard InChI is InChI=1S/C8H16N3/c1-11(2,3)5-4-8-6-9-7-10-8/h6-7H,4-5H2,1-3H3,(H,9,10)/q+1. The minimum absolute atomic E-state index is 0.999. The van der Waals surface area contributed by atoms with E-state index in [1.54, 1.807) is 6.33 Å². The molecule has 0 radical (unpaired) electrons. The largest absolute Gasteiger partial charge is 0.348 e. The lowest BCUT2D eigenvalue weighted by molar-refractivity contribution is -0.870. The summed E-state index contributed by atoms with van der Waals surface area (Å²) in [6, 6.07) is 0. The summed E-state index contributed by atoms with van der Waals surface area (Å²) < 4.78 is 0.999. The minimum Gasteiger partial charge on any atom is -0.348 e. The average Bonchev–Trinajstić information content (AvgIpc) is 2.32. The first kappa shape index (κ1) is 8.27. The molecule has 0 amide bonds. The second kappa shape index (κ2) is 3.05. The smallest absolute Gasteiger partial charge is 0.0921 e. The van der Waals surface area contributed by atoms with Gasteiger partial charge in [0.1, 0.15) is 0 Å². The van der Waals surface area contributed by atoms with E-state index in [0.29, 0.717) is 0 Å². The summed E-state index contributed by atoms with van der Waals surface area (Å²) in [5.41, 5.74) is 1.22. The van der Waals surface area contributed by atoms with Gasteiger partial charge in [0.15, 0.2) is 0 Å². The van der Waals surface area contributed by atoms with Crippen LogP contribution in [0, 0.1) is 0 Å². The molecule has 0 aliphatic rings. The minimum atomic E-state index is 0.999. The molecule has 0 saturated heterocycles. The van der Waals surface area contributed by atoms with Gasteiger partial charge in [-0.05, 0) is 0 Å². The van der Waals surface area contributed by atoms with Crippen molar-refractivity contribution in [1.82, 2.24) is 9.97 Å². The summed E-state index contributed by atoms with van der Waals surface area (Å²) in [6.07, 6.45) is 4.68. The number of hydrogen-bond acceptors (Lipinski definition) is 1. The van der Waals surface area contributed by atoms with Gasteiger partial charge in [-0.3, -0.25) is 0 Å².